The van der Waals surface area contributed by atoms with Crippen molar-refractivity contribution in [2.75, 3.05) is 0 Å². The number of hydrogen-bond donors (Lipinski definition) is 2. The summed E-state index contributed by atoms with van der Waals surface area (Å²) < 4.78 is 9.35. The number of rotatable bonds is 8. The number of ether oxygens (including phenoxy) is 2. The molecule has 0 aliphatic carbocycles. The van der Waals surface area contributed by atoms with Crippen LogP contribution in [-0.2, 0) is 28.7 Å². The zero-order valence-corrected chi connectivity index (χ0v) is 11.1. The van der Waals surface area contributed by atoms with Crippen LogP contribution in [0.25, 0.3) is 0 Å². The van der Waals surface area contributed by atoms with Gasteiger partial charge in [0.25, 0.3) is 0 Å². The number of carboxylic acids is 2. The van der Waals surface area contributed by atoms with E-state index in [0.717, 1.165) is 12.2 Å². The molecule has 20 heavy (non-hydrogen) atoms. The van der Waals surface area contributed by atoms with E-state index in [-0.39, 0.29) is 12.8 Å². The summed E-state index contributed by atoms with van der Waals surface area (Å²) in [6.07, 6.45) is -0.778. The molecule has 2 atom stereocenters. The number of carboxylic acid groups (broad SMARTS) is 2. The molecule has 0 saturated heterocycles. The van der Waals surface area contributed by atoms with Crippen LogP contribution in [0.5, 0.6) is 0 Å². The van der Waals surface area contributed by atoms with Crippen molar-refractivity contribution < 1.29 is 38.9 Å². The molecule has 0 saturated carbocycles. The second kappa shape index (κ2) is 8.68. The van der Waals surface area contributed by atoms with Gasteiger partial charge in [-0.05, 0) is 13.8 Å². The number of carbonyl (C=O) groups excluding carboxylic acids is 2. The van der Waals surface area contributed by atoms with Gasteiger partial charge >= 0.3 is 23.9 Å². The monoisotopic (exact) mass is 288 g/mol. The fourth-order valence-electron chi connectivity index (χ4n) is 1.19. The molecule has 0 fully saturated rings. The Balaban J connectivity index is 4.14. The van der Waals surface area contributed by atoms with Gasteiger partial charge < -0.3 is 19.7 Å². The predicted octanol–water partition coefficient (Wildman–Crippen LogP) is 0.355. The Hall–Kier alpha value is -2.38. The van der Waals surface area contributed by atoms with E-state index in [1.165, 1.54) is 13.8 Å². The first-order valence-corrected chi connectivity index (χ1v) is 5.73. The van der Waals surface area contributed by atoms with E-state index in [2.05, 4.69) is 9.47 Å². The average Bonchev–Trinajstić information content (AvgIpc) is 2.23. The van der Waals surface area contributed by atoms with Crippen molar-refractivity contribution in [1.29, 1.82) is 0 Å². The summed E-state index contributed by atoms with van der Waals surface area (Å²) in [7, 11) is 0. The highest BCUT2D eigenvalue weighted by Crippen LogP contribution is 2.01. The van der Waals surface area contributed by atoms with Crippen LogP contribution in [0.3, 0.4) is 0 Å². The molecule has 8 nitrogen and oxygen atoms in total. The summed E-state index contributed by atoms with van der Waals surface area (Å²) in [5.41, 5.74) is 0. The minimum atomic E-state index is -1.11. The minimum Gasteiger partial charge on any atom is -0.481 e. The van der Waals surface area contributed by atoms with E-state index in [9.17, 15) is 19.2 Å². The molecular formula is C12H16O8. The van der Waals surface area contributed by atoms with Crippen LogP contribution >= 0.6 is 0 Å². The molecule has 0 aromatic rings. The maximum atomic E-state index is 11.2. The highest BCUT2D eigenvalue weighted by molar-refractivity contribution is 5.92. The third-order valence-corrected chi connectivity index (χ3v) is 1.91. The molecule has 0 bridgehead atoms. The molecule has 0 radical (unpaired) electrons. The van der Waals surface area contributed by atoms with Gasteiger partial charge in [0.05, 0.1) is 12.8 Å². The third kappa shape index (κ3) is 9.63. The zero-order valence-electron chi connectivity index (χ0n) is 11.1. The normalized spacial score (nSPS) is 13.5. The van der Waals surface area contributed by atoms with Gasteiger partial charge in [-0.2, -0.15) is 0 Å². The van der Waals surface area contributed by atoms with Crippen LogP contribution in [0, 0.1) is 0 Å². The molecule has 0 spiro atoms. The van der Waals surface area contributed by atoms with Crippen molar-refractivity contribution in [3.05, 3.63) is 12.2 Å². The predicted molar refractivity (Wildman–Crippen MR) is 64.8 cm³/mol. The first-order valence-electron chi connectivity index (χ1n) is 5.73. The van der Waals surface area contributed by atoms with Gasteiger partial charge in [0.2, 0.25) is 0 Å². The molecule has 0 aromatic carbocycles. The standard InChI is InChI=1S/C12H16O8/c1-7(5-9(13)14)19-11(17)3-4-12(18)20-8(2)6-10(15)16/h3-4,7-8H,5-6H2,1-2H3,(H,13,14)(H,15,16)/b4-3-. The first kappa shape index (κ1) is 17.6. The van der Waals surface area contributed by atoms with Crippen molar-refractivity contribution in [1.82, 2.24) is 0 Å². The summed E-state index contributed by atoms with van der Waals surface area (Å²) in [4.78, 5) is 43.1. The number of esters is 2. The number of hydrogen-bond acceptors (Lipinski definition) is 6. The van der Waals surface area contributed by atoms with Crippen LogP contribution in [0.15, 0.2) is 12.2 Å². The summed E-state index contributed by atoms with van der Waals surface area (Å²) >= 11 is 0. The first-order chi connectivity index (χ1) is 9.20. The van der Waals surface area contributed by atoms with Crippen molar-refractivity contribution in [3.8, 4) is 0 Å². The maximum Gasteiger partial charge on any atom is 0.331 e. The molecule has 0 amide bonds. The molecule has 0 rings (SSSR count). The van der Waals surface area contributed by atoms with Gasteiger partial charge in [-0.15, -0.1) is 0 Å². The van der Waals surface area contributed by atoms with Crippen molar-refractivity contribution >= 4 is 23.9 Å². The van der Waals surface area contributed by atoms with Crippen molar-refractivity contribution in [3.63, 3.8) is 0 Å². The van der Waals surface area contributed by atoms with Crippen LogP contribution < -0.4 is 0 Å². The quantitative estimate of drug-likeness (QED) is 0.484. The Labute approximate surface area is 115 Å². The lowest BCUT2D eigenvalue weighted by molar-refractivity contribution is -0.150. The summed E-state index contributed by atoms with van der Waals surface area (Å²) in [5.74, 6) is -4.00. The van der Waals surface area contributed by atoms with E-state index in [1.54, 1.807) is 0 Å². The van der Waals surface area contributed by atoms with Gasteiger partial charge in [-0.25, -0.2) is 9.59 Å². The van der Waals surface area contributed by atoms with Crippen LogP contribution in [0.4, 0.5) is 0 Å². The molecule has 2 unspecified atom stereocenters. The average molecular weight is 288 g/mol. The second-order valence-corrected chi connectivity index (χ2v) is 4.02. The fourth-order valence-corrected chi connectivity index (χ4v) is 1.19. The van der Waals surface area contributed by atoms with E-state index in [4.69, 9.17) is 10.2 Å². The van der Waals surface area contributed by atoms with Crippen LogP contribution in [-0.4, -0.2) is 46.3 Å². The SMILES string of the molecule is CC(CC(=O)O)OC(=O)/C=C\C(=O)OC(C)CC(=O)O. The lowest BCUT2D eigenvalue weighted by Crippen LogP contribution is -2.18. The van der Waals surface area contributed by atoms with E-state index in [1.807, 2.05) is 0 Å². The Kier molecular flexibility index (Phi) is 7.64. The molecule has 0 aliphatic rings. The summed E-state index contributed by atoms with van der Waals surface area (Å²) in [6, 6.07) is 0. The summed E-state index contributed by atoms with van der Waals surface area (Å²) in [6.45, 7) is 2.79. The van der Waals surface area contributed by atoms with E-state index in [0.29, 0.717) is 0 Å². The topological polar surface area (TPSA) is 127 Å². The van der Waals surface area contributed by atoms with Gasteiger partial charge in [-0.1, -0.05) is 0 Å². The highest BCUT2D eigenvalue weighted by Gasteiger charge is 2.13. The summed E-state index contributed by atoms with van der Waals surface area (Å²) in [5, 5.41) is 16.9. The number of aliphatic carboxylic acids is 2. The highest BCUT2D eigenvalue weighted by atomic mass is 16.5. The molecule has 2 N–H and O–H groups in total. The van der Waals surface area contributed by atoms with E-state index < -0.39 is 36.1 Å². The third-order valence-electron chi connectivity index (χ3n) is 1.91. The van der Waals surface area contributed by atoms with Gasteiger partial charge in [0, 0.05) is 12.2 Å². The van der Waals surface area contributed by atoms with Gasteiger partial charge in [0.15, 0.2) is 0 Å². The molecule has 0 heterocycles. The van der Waals surface area contributed by atoms with E-state index >= 15 is 0 Å². The molecule has 8 heteroatoms. The van der Waals surface area contributed by atoms with Gasteiger partial charge in [0.1, 0.15) is 12.2 Å². The van der Waals surface area contributed by atoms with Crippen molar-refractivity contribution in [2.45, 2.75) is 38.9 Å². The fraction of sp³-hybridized carbons (Fsp3) is 0.500. The molecule has 112 valence electrons. The Morgan fingerprint density at radius 3 is 1.40 bits per heavy atom. The zero-order chi connectivity index (χ0) is 15.7. The molecule has 0 aromatic heterocycles. The Bertz CT molecular complexity index is 374. The van der Waals surface area contributed by atoms with Crippen molar-refractivity contribution in [2.24, 2.45) is 0 Å². The molecular weight excluding hydrogens is 272 g/mol. The lowest BCUT2D eigenvalue weighted by Gasteiger charge is -2.09. The number of carbonyl (C=O) groups is 4. The maximum absolute atomic E-state index is 11.2. The van der Waals surface area contributed by atoms with Crippen LogP contribution in [0.2, 0.25) is 0 Å². The van der Waals surface area contributed by atoms with Crippen LogP contribution in [0.1, 0.15) is 26.7 Å². The van der Waals surface area contributed by atoms with Gasteiger partial charge in [-0.3, -0.25) is 9.59 Å². The minimum absolute atomic E-state index is 0.348. The second-order valence-electron chi connectivity index (χ2n) is 4.02. The molecule has 0 aliphatic heterocycles. The Morgan fingerprint density at radius 2 is 1.15 bits per heavy atom. The largest absolute Gasteiger partial charge is 0.481 e. The lowest BCUT2D eigenvalue weighted by atomic mass is 10.3. The smallest absolute Gasteiger partial charge is 0.331 e. The Morgan fingerprint density at radius 1 is 0.850 bits per heavy atom.